The molecule has 0 aromatic heterocycles. The smallest absolute Gasteiger partial charge is 0.251 e. The summed E-state index contributed by atoms with van der Waals surface area (Å²) in [6, 6.07) is 15.0. The summed E-state index contributed by atoms with van der Waals surface area (Å²) in [4.78, 5) is 14.9. The fourth-order valence-electron chi connectivity index (χ4n) is 3.65. The van der Waals surface area contributed by atoms with Crippen LogP contribution in [-0.2, 0) is 0 Å². The third-order valence-corrected chi connectivity index (χ3v) is 5.06. The van der Waals surface area contributed by atoms with Crippen LogP contribution >= 0.6 is 0 Å². The van der Waals surface area contributed by atoms with E-state index >= 15 is 0 Å². The summed E-state index contributed by atoms with van der Waals surface area (Å²) < 4.78 is 10.9. The molecule has 2 aliphatic rings. The number of ether oxygens (including phenoxy) is 2. The van der Waals surface area contributed by atoms with Gasteiger partial charge in [0, 0.05) is 24.7 Å². The van der Waals surface area contributed by atoms with Gasteiger partial charge in [-0.2, -0.15) is 0 Å². The quantitative estimate of drug-likeness (QED) is 0.911. The van der Waals surface area contributed by atoms with Crippen LogP contribution in [0.1, 0.15) is 16.8 Å². The Morgan fingerprint density at radius 3 is 2.20 bits per heavy atom. The highest BCUT2D eigenvalue weighted by molar-refractivity contribution is 5.94. The van der Waals surface area contributed by atoms with Gasteiger partial charge in [0.15, 0.2) is 0 Å². The van der Waals surface area contributed by atoms with Crippen molar-refractivity contribution >= 4 is 5.91 Å². The molecule has 0 aliphatic carbocycles. The second-order valence-corrected chi connectivity index (χ2v) is 6.69. The number of nitrogens with zero attached hydrogens (tertiary/aromatic N) is 1. The van der Waals surface area contributed by atoms with Gasteiger partial charge in [-0.15, -0.1) is 0 Å². The normalized spacial score (nSPS) is 24.1. The molecule has 1 amide bonds. The molecule has 2 heterocycles. The Bertz CT molecular complexity index is 743. The third kappa shape index (κ3) is 3.46. The average Bonchev–Trinajstić information content (AvgIpc) is 3.26. The molecule has 4 rings (SSSR count). The highest BCUT2D eigenvalue weighted by Gasteiger charge is 2.38. The number of carbonyl (C=O) groups excluding carboxylic acids is 1. The van der Waals surface area contributed by atoms with Crippen LogP contribution in [0.15, 0.2) is 48.5 Å². The molecular weight excluding hydrogens is 316 g/mol. The number of nitrogens with one attached hydrogen (secondary N) is 1. The van der Waals surface area contributed by atoms with E-state index in [1.54, 1.807) is 7.11 Å². The molecule has 3 unspecified atom stereocenters. The molecule has 5 nitrogen and oxygen atoms in total. The van der Waals surface area contributed by atoms with Crippen LogP contribution in [-0.4, -0.2) is 43.6 Å². The van der Waals surface area contributed by atoms with Crippen LogP contribution in [0.3, 0.4) is 0 Å². The van der Waals surface area contributed by atoms with Crippen LogP contribution < -0.4 is 14.8 Å². The summed E-state index contributed by atoms with van der Waals surface area (Å²) in [5, 5.41) is 3.17. The number of piperidine rings is 1. The van der Waals surface area contributed by atoms with Gasteiger partial charge in [0.2, 0.25) is 0 Å². The zero-order valence-electron chi connectivity index (χ0n) is 14.3. The van der Waals surface area contributed by atoms with Crippen molar-refractivity contribution in [1.29, 1.82) is 0 Å². The van der Waals surface area contributed by atoms with E-state index in [1.165, 1.54) is 13.0 Å². The van der Waals surface area contributed by atoms with E-state index < -0.39 is 0 Å². The molecule has 5 heteroatoms. The van der Waals surface area contributed by atoms with Gasteiger partial charge in [-0.3, -0.25) is 4.79 Å². The first-order chi connectivity index (χ1) is 12.2. The minimum Gasteiger partial charge on any atom is -0.497 e. The minimum atomic E-state index is -0.00486. The van der Waals surface area contributed by atoms with Crippen molar-refractivity contribution in [1.82, 2.24) is 10.2 Å². The fourth-order valence-corrected chi connectivity index (χ4v) is 3.65. The molecule has 0 saturated carbocycles. The molecule has 25 heavy (non-hydrogen) atoms. The monoisotopic (exact) mass is 338 g/mol. The van der Waals surface area contributed by atoms with E-state index in [9.17, 15) is 4.79 Å². The minimum absolute atomic E-state index is 0.00486. The summed E-state index contributed by atoms with van der Waals surface area (Å²) >= 11 is 0. The Hall–Kier alpha value is -2.53. The summed E-state index contributed by atoms with van der Waals surface area (Å²) in [5.41, 5.74) is 0.667. The van der Waals surface area contributed by atoms with Crippen LogP contribution in [0.4, 0.5) is 0 Å². The van der Waals surface area contributed by atoms with Crippen LogP contribution in [0, 0.1) is 5.92 Å². The molecule has 0 radical (unpaired) electrons. The Morgan fingerprint density at radius 2 is 1.64 bits per heavy atom. The number of benzene rings is 2. The lowest BCUT2D eigenvalue weighted by molar-refractivity contribution is 0.0924. The van der Waals surface area contributed by atoms with Gasteiger partial charge >= 0.3 is 0 Å². The van der Waals surface area contributed by atoms with E-state index in [2.05, 4.69) is 10.2 Å². The van der Waals surface area contributed by atoms with Crippen molar-refractivity contribution in [2.45, 2.75) is 12.5 Å². The van der Waals surface area contributed by atoms with E-state index in [1.807, 2.05) is 48.5 Å². The van der Waals surface area contributed by atoms with Gasteiger partial charge in [-0.05, 0) is 67.4 Å². The molecule has 0 spiro atoms. The number of hydrogen-bond acceptors (Lipinski definition) is 4. The number of hydrogen-bond donors (Lipinski definition) is 1. The second kappa shape index (κ2) is 6.76. The molecule has 2 saturated heterocycles. The fraction of sp³-hybridized carbons (Fsp3) is 0.350. The van der Waals surface area contributed by atoms with E-state index in [4.69, 9.17) is 9.47 Å². The standard InChI is InChI=1S/C20H22N2O3/c1-24-16-6-8-18(9-7-16)25-17-4-2-14(3-5-17)20(23)21-19-13-22-11-10-15(19)12-22/h2-9,15,19H,10-13H2,1H3,(H,21,23). The number of amides is 1. The molecule has 2 aromatic rings. The van der Waals surface area contributed by atoms with Crippen LogP contribution in [0.5, 0.6) is 17.2 Å². The largest absolute Gasteiger partial charge is 0.497 e. The zero-order chi connectivity index (χ0) is 17.2. The lowest BCUT2D eigenvalue weighted by Gasteiger charge is -2.23. The molecule has 2 bridgehead atoms. The van der Waals surface area contributed by atoms with Crippen LogP contribution in [0.2, 0.25) is 0 Å². The highest BCUT2D eigenvalue weighted by Crippen LogP contribution is 2.28. The van der Waals surface area contributed by atoms with Crippen molar-refractivity contribution in [3.8, 4) is 17.2 Å². The highest BCUT2D eigenvalue weighted by atomic mass is 16.5. The molecule has 2 aliphatic heterocycles. The lowest BCUT2D eigenvalue weighted by atomic mass is 9.99. The van der Waals surface area contributed by atoms with Gasteiger partial charge in [-0.1, -0.05) is 0 Å². The topological polar surface area (TPSA) is 50.8 Å². The van der Waals surface area contributed by atoms with Crippen molar-refractivity contribution in [2.24, 2.45) is 5.92 Å². The molecular formula is C20H22N2O3. The van der Waals surface area contributed by atoms with Gasteiger partial charge in [0.1, 0.15) is 17.2 Å². The van der Waals surface area contributed by atoms with Crippen molar-refractivity contribution < 1.29 is 14.3 Å². The summed E-state index contributed by atoms with van der Waals surface area (Å²) in [5.74, 6) is 2.83. The van der Waals surface area contributed by atoms with Crippen LogP contribution in [0.25, 0.3) is 0 Å². The van der Waals surface area contributed by atoms with Gasteiger partial charge in [0.25, 0.3) is 5.91 Å². The first-order valence-corrected chi connectivity index (χ1v) is 8.66. The zero-order valence-corrected chi connectivity index (χ0v) is 14.3. The molecule has 1 N–H and O–H groups in total. The molecule has 2 fully saturated rings. The SMILES string of the molecule is COc1ccc(Oc2ccc(C(=O)NC3CN4CCC3C4)cc2)cc1. The summed E-state index contributed by atoms with van der Waals surface area (Å²) in [6.45, 7) is 3.28. The van der Waals surface area contributed by atoms with Gasteiger partial charge in [-0.25, -0.2) is 0 Å². The summed E-state index contributed by atoms with van der Waals surface area (Å²) in [7, 11) is 1.63. The molecule has 2 aromatic carbocycles. The Kier molecular flexibility index (Phi) is 4.32. The number of fused-ring (bicyclic) bond motifs is 2. The second-order valence-electron chi connectivity index (χ2n) is 6.69. The van der Waals surface area contributed by atoms with Gasteiger partial charge < -0.3 is 19.7 Å². The Balaban J connectivity index is 1.36. The van der Waals surface area contributed by atoms with E-state index in [0.717, 1.165) is 24.6 Å². The first kappa shape index (κ1) is 16.0. The first-order valence-electron chi connectivity index (χ1n) is 8.66. The molecule has 130 valence electrons. The number of carbonyl (C=O) groups is 1. The molecule has 3 atom stereocenters. The maximum atomic E-state index is 12.4. The predicted molar refractivity (Wildman–Crippen MR) is 95.3 cm³/mol. The maximum Gasteiger partial charge on any atom is 0.251 e. The van der Waals surface area contributed by atoms with E-state index in [0.29, 0.717) is 17.2 Å². The Morgan fingerprint density at radius 1 is 1.00 bits per heavy atom. The third-order valence-electron chi connectivity index (χ3n) is 5.06. The average molecular weight is 338 g/mol. The van der Waals surface area contributed by atoms with Crippen molar-refractivity contribution in [3.05, 3.63) is 54.1 Å². The van der Waals surface area contributed by atoms with Crippen molar-refractivity contribution in [3.63, 3.8) is 0 Å². The van der Waals surface area contributed by atoms with Gasteiger partial charge in [0.05, 0.1) is 7.11 Å². The number of rotatable bonds is 5. The van der Waals surface area contributed by atoms with E-state index in [-0.39, 0.29) is 11.9 Å². The number of methoxy groups -OCH3 is 1. The summed E-state index contributed by atoms with van der Waals surface area (Å²) in [6.07, 6.45) is 1.19. The van der Waals surface area contributed by atoms with Crippen molar-refractivity contribution in [2.75, 3.05) is 26.7 Å². The lowest BCUT2D eigenvalue weighted by Crippen LogP contribution is -2.43. The predicted octanol–water partition coefficient (Wildman–Crippen LogP) is 2.92. The Labute approximate surface area is 147 Å². The maximum absolute atomic E-state index is 12.4.